The summed E-state index contributed by atoms with van der Waals surface area (Å²) < 4.78 is 1.12. The molecule has 2 rings (SSSR count). The van der Waals surface area contributed by atoms with E-state index in [0.29, 0.717) is 10.7 Å². The molecule has 0 aliphatic carbocycles. The normalized spacial score (nSPS) is 9.63. The summed E-state index contributed by atoms with van der Waals surface area (Å²) in [6.07, 6.45) is 0. The molecule has 92 valence electrons. The van der Waals surface area contributed by atoms with Crippen molar-refractivity contribution in [3.63, 3.8) is 0 Å². The highest BCUT2D eigenvalue weighted by molar-refractivity contribution is 6.32. The first-order valence-electron chi connectivity index (χ1n) is 5.12. The molecule has 0 saturated carbocycles. The summed E-state index contributed by atoms with van der Waals surface area (Å²) in [6.45, 7) is 0. The van der Waals surface area contributed by atoms with Crippen molar-refractivity contribution in [3.05, 3.63) is 46.0 Å². The van der Waals surface area contributed by atoms with Crippen molar-refractivity contribution in [1.29, 1.82) is 15.9 Å². The molecule has 2 aromatic rings. The minimum Gasteiger partial charge on any atom is -0.395 e. The zero-order valence-electron chi connectivity index (χ0n) is 9.55. The molecule has 0 amide bonds. The van der Waals surface area contributed by atoms with E-state index in [1.165, 1.54) is 0 Å². The minimum absolute atomic E-state index is 0.0988. The maximum Gasteiger partial charge on any atom is 0.185 e. The predicted molar refractivity (Wildman–Crippen MR) is 68.3 cm³/mol. The van der Waals surface area contributed by atoms with Gasteiger partial charge in [-0.15, -0.1) is 0 Å². The first kappa shape index (κ1) is 12.6. The Kier molecular flexibility index (Phi) is 3.19. The summed E-state index contributed by atoms with van der Waals surface area (Å²) >= 11 is 6.02. The van der Waals surface area contributed by atoms with Gasteiger partial charge in [-0.3, -0.25) is 5.41 Å². The topological polar surface area (TPSA) is 115 Å². The largest absolute Gasteiger partial charge is 0.395 e. The number of nitrogens with zero attached hydrogens (tertiary/aromatic N) is 4. The van der Waals surface area contributed by atoms with E-state index in [9.17, 15) is 0 Å². The van der Waals surface area contributed by atoms with Crippen LogP contribution in [0.3, 0.4) is 0 Å². The Balaban J connectivity index is 2.88. The first-order valence-corrected chi connectivity index (χ1v) is 5.50. The minimum atomic E-state index is -0.216. The molecule has 0 spiro atoms. The van der Waals surface area contributed by atoms with E-state index in [1.54, 1.807) is 36.4 Å². The summed E-state index contributed by atoms with van der Waals surface area (Å²) in [5.41, 5.74) is 5.48. The van der Waals surface area contributed by atoms with Crippen molar-refractivity contribution in [2.24, 2.45) is 0 Å². The SMILES string of the molecule is N#Cc1nn(-c2ccccc2Cl)c(=N)c(C#N)c1N. The van der Waals surface area contributed by atoms with Crippen molar-refractivity contribution in [3.8, 4) is 17.8 Å². The van der Waals surface area contributed by atoms with Gasteiger partial charge in [-0.2, -0.15) is 15.6 Å². The second-order valence-corrected chi connectivity index (χ2v) is 3.98. The van der Waals surface area contributed by atoms with Gasteiger partial charge < -0.3 is 5.73 Å². The van der Waals surface area contributed by atoms with Crippen LogP contribution in [-0.2, 0) is 0 Å². The van der Waals surface area contributed by atoms with Crippen molar-refractivity contribution < 1.29 is 0 Å². The highest BCUT2D eigenvalue weighted by atomic mass is 35.5. The third-order valence-corrected chi connectivity index (χ3v) is 2.79. The molecule has 0 aliphatic heterocycles. The maximum absolute atomic E-state index is 9.03. The molecule has 6 nitrogen and oxygen atoms in total. The molecule has 19 heavy (non-hydrogen) atoms. The van der Waals surface area contributed by atoms with Gasteiger partial charge in [0.25, 0.3) is 0 Å². The Bertz CT molecular complexity index is 793. The zero-order chi connectivity index (χ0) is 14.0. The second-order valence-electron chi connectivity index (χ2n) is 3.57. The van der Waals surface area contributed by atoms with Crippen LogP contribution < -0.4 is 11.2 Å². The molecule has 1 aromatic carbocycles. The highest BCUT2D eigenvalue weighted by Crippen LogP contribution is 2.19. The fourth-order valence-corrected chi connectivity index (χ4v) is 1.77. The monoisotopic (exact) mass is 270 g/mol. The number of anilines is 1. The van der Waals surface area contributed by atoms with Crippen LogP contribution in [0.4, 0.5) is 5.69 Å². The third kappa shape index (κ3) is 2.01. The summed E-state index contributed by atoms with van der Waals surface area (Å²) in [5.74, 6) is 0. The van der Waals surface area contributed by atoms with Crippen LogP contribution in [-0.4, -0.2) is 9.78 Å². The smallest absolute Gasteiger partial charge is 0.185 e. The number of rotatable bonds is 1. The molecule has 0 unspecified atom stereocenters. The number of aromatic nitrogens is 2. The molecule has 0 aliphatic rings. The van der Waals surface area contributed by atoms with Crippen molar-refractivity contribution >= 4 is 17.3 Å². The van der Waals surface area contributed by atoms with Crippen molar-refractivity contribution in [1.82, 2.24) is 9.78 Å². The van der Waals surface area contributed by atoms with Gasteiger partial charge in [-0.1, -0.05) is 23.7 Å². The molecule has 0 fully saturated rings. The molecule has 0 atom stereocenters. The van der Waals surface area contributed by atoms with Crippen LogP contribution in [0.25, 0.3) is 5.69 Å². The Morgan fingerprint density at radius 3 is 2.53 bits per heavy atom. The number of nitrogens with one attached hydrogen (secondary N) is 1. The number of halogens is 1. The quantitative estimate of drug-likeness (QED) is 0.813. The lowest BCUT2D eigenvalue weighted by atomic mass is 10.2. The molecule has 3 N–H and O–H groups in total. The predicted octanol–water partition coefficient (Wildman–Crippen LogP) is 1.33. The summed E-state index contributed by atoms with van der Waals surface area (Å²) in [6, 6.07) is 10.3. The Hall–Kier alpha value is -2.83. The lowest BCUT2D eigenvalue weighted by Crippen LogP contribution is -2.27. The van der Waals surface area contributed by atoms with Crippen molar-refractivity contribution in [2.45, 2.75) is 0 Å². The van der Waals surface area contributed by atoms with Gasteiger partial charge in [0.1, 0.15) is 17.7 Å². The third-order valence-electron chi connectivity index (χ3n) is 2.47. The van der Waals surface area contributed by atoms with E-state index in [-0.39, 0.29) is 22.4 Å². The van der Waals surface area contributed by atoms with Crippen LogP contribution >= 0.6 is 11.6 Å². The first-order chi connectivity index (χ1) is 9.10. The fourth-order valence-electron chi connectivity index (χ4n) is 1.55. The highest BCUT2D eigenvalue weighted by Gasteiger charge is 2.14. The van der Waals surface area contributed by atoms with Crippen LogP contribution in [0.2, 0.25) is 5.02 Å². The maximum atomic E-state index is 9.03. The van der Waals surface area contributed by atoms with Crippen LogP contribution in [0.15, 0.2) is 24.3 Å². The lowest BCUT2D eigenvalue weighted by molar-refractivity contribution is 0.764. The van der Waals surface area contributed by atoms with Crippen molar-refractivity contribution in [2.75, 3.05) is 5.73 Å². The zero-order valence-corrected chi connectivity index (χ0v) is 10.3. The van der Waals surface area contributed by atoms with Gasteiger partial charge in [0.2, 0.25) is 0 Å². The van der Waals surface area contributed by atoms with Gasteiger partial charge >= 0.3 is 0 Å². The molecule has 0 bridgehead atoms. The van der Waals surface area contributed by atoms with Gasteiger partial charge in [-0.25, -0.2) is 4.68 Å². The van der Waals surface area contributed by atoms with E-state index in [0.717, 1.165) is 4.68 Å². The molecular formula is C12H7ClN6. The second kappa shape index (κ2) is 4.81. The number of nitrogen functional groups attached to an aromatic ring is 1. The van der Waals surface area contributed by atoms with Crippen LogP contribution in [0.1, 0.15) is 11.3 Å². The lowest BCUT2D eigenvalue weighted by Gasteiger charge is -2.10. The van der Waals surface area contributed by atoms with Gasteiger partial charge in [-0.05, 0) is 12.1 Å². The number of hydrogen-bond donors (Lipinski definition) is 2. The number of hydrogen-bond acceptors (Lipinski definition) is 5. The Labute approximate surface area is 113 Å². The molecule has 1 aromatic heterocycles. The number of nitriles is 2. The van der Waals surface area contributed by atoms with Gasteiger partial charge in [0.05, 0.1) is 16.4 Å². The molecule has 0 saturated heterocycles. The van der Waals surface area contributed by atoms with E-state index in [1.807, 2.05) is 0 Å². The van der Waals surface area contributed by atoms with Crippen LogP contribution in [0.5, 0.6) is 0 Å². The van der Waals surface area contributed by atoms with E-state index >= 15 is 0 Å². The standard InChI is InChI=1S/C12H7ClN6/c13-8-3-1-2-4-10(8)19-12(17)7(5-14)11(16)9(6-15)18-19/h1-4,17H,16H2. The Morgan fingerprint density at radius 2 is 1.95 bits per heavy atom. The fraction of sp³-hybridized carbons (Fsp3) is 0. The number of benzene rings is 1. The molecule has 0 radical (unpaired) electrons. The average Bonchev–Trinajstić information content (AvgIpc) is 2.41. The summed E-state index contributed by atoms with van der Waals surface area (Å²) in [4.78, 5) is 0. The Morgan fingerprint density at radius 1 is 1.26 bits per heavy atom. The molecule has 7 heteroatoms. The number of nitrogens with two attached hydrogens (primary N) is 1. The van der Waals surface area contributed by atoms with E-state index in [4.69, 9.17) is 33.3 Å². The van der Waals surface area contributed by atoms with Gasteiger partial charge in [0, 0.05) is 0 Å². The van der Waals surface area contributed by atoms with E-state index in [2.05, 4.69) is 5.10 Å². The molecular weight excluding hydrogens is 264 g/mol. The summed E-state index contributed by atoms with van der Waals surface area (Å²) in [5, 5.41) is 30.2. The number of para-hydroxylation sites is 1. The van der Waals surface area contributed by atoms with E-state index < -0.39 is 0 Å². The van der Waals surface area contributed by atoms with Crippen LogP contribution in [0, 0.1) is 28.1 Å². The van der Waals surface area contributed by atoms with Gasteiger partial charge in [0.15, 0.2) is 11.2 Å². The average molecular weight is 271 g/mol. The summed E-state index contributed by atoms with van der Waals surface area (Å²) in [7, 11) is 0. The molecule has 1 heterocycles.